The molecule has 0 aliphatic rings. The van der Waals surface area contributed by atoms with E-state index in [1.807, 2.05) is 30.3 Å². The Bertz CT molecular complexity index is 1240. The quantitative estimate of drug-likeness (QED) is 0.314. The number of H-pyrrole nitrogens is 1. The Kier molecular flexibility index (Phi) is 7.29. The van der Waals surface area contributed by atoms with Crippen LogP contribution in [0.25, 0.3) is 22.4 Å². The molecule has 0 unspecified atom stereocenters. The molecule has 0 saturated heterocycles. The fourth-order valence-electron chi connectivity index (χ4n) is 3.00. The van der Waals surface area contributed by atoms with Crippen molar-refractivity contribution < 1.29 is 32.6 Å². The van der Waals surface area contributed by atoms with E-state index in [-0.39, 0.29) is 11.6 Å². The third-order valence-corrected chi connectivity index (χ3v) is 4.55. The van der Waals surface area contributed by atoms with Crippen LogP contribution in [-0.2, 0) is 17.9 Å². The zero-order valence-electron chi connectivity index (χ0n) is 17.0. The summed E-state index contributed by atoms with van der Waals surface area (Å²) in [7, 11) is 0. The lowest BCUT2D eigenvalue weighted by Gasteiger charge is -2.07. The van der Waals surface area contributed by atoms with Crippen LogP contribution < -0.4 is 5.32 Å². The van der Waals surface area contributed by atoms with Crippen molar-refractivity contribution in [2.24, 2.45) is 0 Å². The third kappa shape index (κ3) is 6.30. The summed E-state index contributed by atoms with van der Waals surface area (Å²) < 4.78 is 45.2. The summed E-state index contributed by atoms with van der Waals surface area (Å²) in [5.41, 5.74) is 4.05. The van der Waals surface area contributed by atoms with Crippen LogP contribution in [0.4, 0.5) is 17.6 Å². The Balaban J connectivity index is 0.000000383. The van der Waals surface area contributed by atoms with Crippen LogP contribution in [0, 0.1) is 5.82 Å². The van der Waals surface area contributed by atoms with Gasteiger partial charge in [0, 0.05) is 24.2 Å². The molecule has 4 aromatic rings. The number of phenolic OH excluding ortho intramolecular Hbond substituents is 1. The zero-order chi connectivity index (χ0) is 24.0. The smallest absolute Gasteiger partial charge is 0.490 e. The molecule has 3 aromatic carbocycles. The SMILES string of the molecule is O=C(O)C(F)(F)F.Oc1ccc2[nH]c(-c3cccc(F)c3)nc2c1CNCc1ccccc1. The molecule has 0 fully saturated rings. The molecule has 0 aliphatic heterocycles. The van der Waals surface area contributed by atoms with E-state index in [4.69, 9.17) is 9.90 Å². The van der Waals surface area contributed by atoms with Crippen molar-refractivity contribution in [1.29, 1.82) is 0 Å². The molecule has 0 bridgehead atoms. The van der Waals surface area contributed by atoms with Crippen molar-refractivity contribution in [2.75, 3.05) is 0 Å². The van der Waals surface area contributed by atoms with E-state index < -0.39 is 12.1 Å². The van der Waals surface area contributed by atoms with Gasteiger partial charge in [0.2, 0.25) is 0 Å². The highest BCUT2D eigenvalue weighted by atomic mass is 19.4. The van der Waals surface area contributed by atoms with Gasteiger partial charge in [-0.05, 0) is 29.8 Å². The normalized spacial score (nSPS) is 11.2. The Hall–Kier alpha value is -3.92. The minimum absolute atomic E-state index is 0.190. The Morgan fingerprint density at radius 2 is 1.70 bits per heavy atom. The minimum Gasteiger partial charge on any atom is -0.508 e. The van der Waals surface area contributed by atoms with Crippen molar-refractivity contribution >= 4 is 17.0 Å². The van der Waals surface area contributed by atoms with E-state index in [1.54, 1.807) is 24.3 Å². The van der Waals surface area contributed by atoms with Gasteiger partial charge in [-0.25, -0.2) is 14.2 Å². The van der Waals surface area contributed by atoms with E-state index in [1.165, 1.54) is 17.7 Å². The molecule has 1 aromatic heterocycles. The largest absolute Gasteiger partial charge is 0.508 e. The number of aromatic amines is 1. The predicted octanol–water partition coefficient (Wildman–Crippen LogP) is 5.00. The zero-order valence-corrected chi connectivity index (χ0v) is 17.0. The molecule has 0 amide bonds. The van der Waals surface area contributed by atoms with Gasteiger partial charge in [0.25, 0.3) is 0 Å². The molecule has 1 heterocycles. The molecule has 4 N–H and O–H groups in total. The van der Waals surface area contributed by atoms with Gasteiger partial charge in [0.1, 0.15) is 17.4 Å². The number of carbonyl (C=O) groups is 1. The summed E-state index contributed by atoms with van der Waals surface area (Å²) in [4.78, 5) is 16.7. The number of nitrogens with one attached hydrogen (secondary N) is 2. The maximum absolute atomic E-state index is 13.5. The van der Waals surface area contributed by atoms with Crippen molar-refractivity contribution in [3.8, 4) is 17.1 Å². The summed E-state index contributed by atoms with van der Waals surface area (Å²) in [6.07, 6.45) is -5.08. The first-order chi connectivity index (χ1) is 15.6. The summed E-state index contributed by atoms with van der Waals surface area (Å²) in [5, 5.41) is 20.7. The lowest BCUT2D eigenvalue weighted by molar-refractivity contribution is -0.192. The maximum atomic E-state index is 13.5. The highest BCUT2D eigenvalue weighted by Crippen LogP contribution is 2.28. The summed E-state index contributed by atoms with van der Waals surface area (Å²) in [5.74, 6) is -2.30. The molecule has 0 atom stereocenters. The molecule has 0 saturated carbocycles. The lowest BCUT2D eigenvalue weighted by Crippen LogP contribution is -2.21. The molecule has 0 spiro atoms. The van der Waals surface area contributed by atoms with Gasteiger partial charge >= 0.3 is 12.1 Å². The summed E-state index contributed by atoms with van der Waals surface area (Å²) >= 11 is 0. The Morgan fingerprint density at radius 3 is 2.33 bits per heavy atom. The van der Waals surface area contributed by atoms with Gasteiger partial charge in [-0.2, -0.15) is 13.2 Å². The number of halogens is 4. The number of fused-ring (bicyclic) bond motifs is 1. The molecule has 0 radical (unpaired) electrons. The fourth-order valence-corrected chi connectivity index (χ4v) is 3.00. The predicted molar refractivity (Wildman–Crippen MR) is 114 cm³/mol. The molecular formula is C23H19F4N3O3. The Labute approximate surface area is 185 Å². The first-order valence-electron chi connectivity index (χ1n) is 9.66. The Morgan fingerprint density at radius 1 is 1.00 bits per heavy atom. The molecule has 6 nitrogen and oxygen atoms in total. The van der Waals surface area contributed by atoms with Crippen LogP contribution in [-0.4, -0.2) is 32.3 Å². The number of aromatic nitrogens is 2. The second kappa shape index (κ2) is 10.1. The molecule has 4 rings (SSSR count). The van der Waals surface area contributed by atoms with Crippen molar-refractivity contribution in [1.82, 2.24) is 15.3 Å². The number of imidazole rings is 1. The van der Waals surface area contributed by atoms with Gasteiger partial charge in [-0.1, -0.05) is 42.5 Å². The van der Waals surface area contributed by atoms with Crippen LogP contribution in [0.1, 0.15) is 11.1 Å². The number of nitrogens with zero attached hydrogens (tertiary/aromatic N) is 1. The highest BCUT2D eigenvalue weighted by Gasteiger charge is 2.38. The van der Waals surface area contributed by atoms with E-state index in [0.717, 1.165) is 11.1 Å². The lowest BCUT2D eigenvalue weighted by atomic mass is 10.1. The number of carboxylic acid groups (broad SMARTS) is 1. The van der Waals surface area contributed by atoms with Crippen LogP contribution in [0.2, 0.25) is 0 Å². The molecule has 33 heavy (non-hydrogen) atoms. The number of aromatic hydroxyl groups is 1. The number of alkyl halides is 3. The monoisotopic (exact) mass is 461 g/mol. The number of benzene rings is 3. The van der Waals surface area contributed by atoms with Gasteiger partial charge in [-0.15, -0.1) is 0 Å². The number of hydrogen-bond acceptors (Lipinski definition) is 4. The van der Waals surface area contributed by atoms with E-state index in [9.17, 15) is 22.7 Å². The second-order valence-corrected chi connectivity index (χ2v) is 6.95. The van der Waals surface area contributed by atoms with E-state index in [0.29, 0.717) is 30.0 Å². The minimum atomic E-state index is -5.08. The third-order valence-electron chi connectivity index (χ3n) is 4.55. The van der Waals surface area contributed by atoms with E-state index in [2.05, 4.69) is 15.3 Å². The van der Waals surface area contributed by atoms with Crippen LogP contribution >= 0.6 is 0 Å². The number of carboxylic acids is 1. The fraction of sp³-hybridized carbons (Fsp3) is 0.130. The van der Waals surface area contributed by atoms with Gasteiger partial charge in [0.15, 0.2) is 0 Å². The average molecular weight is 461 g/mol. The first kappa shape index (κ1) is 23.7. The van der Waals surface area contributed by atoms with Crippen LogP contribution in [0.15, 0.2) is 66.7 Å². The van der Waals surface area contributed by atoms with E-state index >= 15 is 0 Å². The van der Waals surface area contributed by atoms with Gasteiger partial charge in [0.05, 0.1) is 11.0 Å². The second-order valence-electron chi connectivity index (χ2n) is 6.95. The topological polar surface area (TPSA) is 98.2 Å². The summed E-state index contributed by atoms with van der Waals surface area (Å²) in [6, 6.07) is 19.8. The molecule has 0 aliphatic carbocycles. The van der Waals surface area contributed by atoms with Crippen LogP contribution in [0.5, 0.6) is 5.75 Å². The van der Waals surface area contributed by atoms with Crippen molar-refractivity contribution in [3.05, 3.63) is 83.7 Å². The highest BCUT2D eigenvalue weighted by molar-refractivity contribution is 5.84. The van der Waals surface area contributed by atoms with Gasteiger partial charge < -0.3 is 20.5 Å². The average Bonchev–Trinajstić information content (AvgIpc) is 3.20. The van der Waals surface area contributed by atoms with Crippen molar-refractivity contribution in [2.45, 2.75) is 19.3 Å². The number of phenols is 1. The van der Waals surface area contributed by atoms with Crippen molar-refractivity contribution in [3.63, 3.8) is 0 Å². The molecule has 172 valence electrons. The first-order valence-corrected chi connectivity index (χ1v) is 9.66. The van der Waals surface area contributed by atoms with Gasteiger partial charge in [-0.3, -0.25) is 0 Å². The molecule has 10 heteroatoms. The number of aliphatic carboxylic acids is 1. The maximum Gasteiger partial charge on any atom is 0.490 e. The standard InChI is InChI=1S/C21H18FN3O.C2HF3O2/c22-16-8-4-7-15(11-16)21-24-18-9-10-19(26)17(20(18)25-21)13-23-12-14-5-2-1-3-6-14;3-2(4,5)1(6)7/h1-11,23,26H,12-13H2,(H,24,25);(H,6,7). The van der Waals surface area contributed by atoms with Crippen LogP contribution in [0.3, 0.4) is 0 Å². The summed E-state index contributed by atoms with van der Waals surface area (Å²) in [6.45, 7) is 1.17. The molecular weight excluding hydrogens is 442 g/mol. The number of hydrogen-bond donors (Lipinski definition) is 4. The number of rotatable bonds is 5.